The van der Waals surface area contributed by atoms with Crippen LogP contribution in [-0.2, 0) is 0 Å². The largest absolute Gasteiger partial charge is 0.296 e. The molecule has 0 aliphatic rings. The fraction of sp³-hybridized carbons (Fsp3) is 0.500. The summed E-state index contributed by atoms with van der Waals surface area (Å²) in [5.74, 6) is 0.708. The summed E-state index contributed by atoms with van der Waals surface area (Å²) in [4.78, 5) is 3.94. The Labute approximate surface area is 56.0 Å². The zero-order chi connectivity index (χ0) is 7.28. The Bertz CT molecular complexity index is 117. The molecular formula is C6H13N3. The van der Waals surface area contributed by atoms with E-state index in [1.54, 1.807) is 11.2 Å². The molecule has 0 aromatic rings. The van der Waals surface area contributed by atoms with Gasteiger partial charge in [0.2, 0.25) is 0 Å². The first-order valence-corrected chi connectivity index (χ1v) is 2.81. The highest BCUT2D eigenvalue weighted by Gasteiger charge is 1.91. The molecule has 0 unspecified atom stereocenters. The SMILES string of the molecule is C=C(N=CC)N(C)NC. The predicted molar refractivity (Wildman–Crippen MR) is 40.1 cm³/mol. The minimum atomic E-state index is 0.708. The molecule has 0 bridgehead atoms. The molecule has 52 valence electrons. The normalized spacial score (nSPS) is 10.1. The molecule has 0 aromatic carbocycles. The summed E-state index contributed by atoms with van der Waals surface area (Å²) in [5, 5.41) is 1.74. The molecule has 0 rings (SSSR count). The first-order chi connectivity index (χ1) is 4.22. The number of hydrogen-bond acceptors (Lipinski definition) is 3. The molecular weight excluding hydrogens is 114 g/mol. The van der Waals surface area contributed by atoms with Crippen molar-refractivity contribution in [2.75, 3.05) is 14.1 Å². The van der Waals surface area contributed by atoms with Crippen molar-refractivity contribution in [2.24, 2.45) is 4.99 Å². The Morgan fingerprint density at radius 1 is 1.78 bits per heavy atom. The number of hydrogen-bond donors (Lipinski definition) is 1. The molecule has 0 amide bonds. The average Bonchev–Trinajstić information content (AvgIpc) is 1.87. The van der Waals surface area contributed by atoms with E-state index in [9.17, 15) is 0 Å². The number of aliphatic imine (C=N–C) groups is 1. The fourth-order valence-electron chi connectivity index (χ4n) is 0.365. The molecule has 3 nitrogen and oxygen atoms in total. The number of rotatable bonds is 3. The number of nitrogens with one attached hydrogen (secondary N) is 1. The van der Waals surface area contributed by atoms with Crippen molar-refractivity contribution in [3.63, 3.8) is 0 Å². The van der Waals surface area contributed by atoms with Crippen molar-refractivity contribution in [1.82, 2.24) is 10.4 Å². The minimum absolute atomic E-state index is 0.708. The van der Waals surface area contributed by atoms with Crippen LogP contribution in [0.15, 0.2) is 17.4 Å². The minimum Gasteiger partial charge on any atom is -0.296 e. The van der Waals surface area contributed by atoms with Crippen LogP contribution in [0, 0.1) is 0 Å². The van der Waals surface area contributed by atoms with E-state index in [-0.39, 0.29) is 0 Å². The first kappa shape index (κ1) is 8.17. The summed E-state index contributed by atoms with van der Waals surface area (Å²) in [6.07, 6.45) is 1.70. The highest BCUT2D eigenvalue weighted by Crippen LogP contribution is 1.92. The number of nitrogens with zero attached hydrogens (tertiary/aromatic N) is 2. The molecule has 1 N–H and O–H groups in total. The molecule has 0 aliphatic heterocycles. The summed E-state index contributed by atoms with van der Waals surface area (Å²) in [7, 11) is 3.67. The van der Waals surface area contributed by atoms with E-state index < -0.39 is 0 Å². The molecule has 0 spiro atoms. The average molecular weight is 127 g/mol. The Kier molecular flexibility index (Phi) is 3.71. The van der Waals surface area contributed by atoms with E-state index in [1.165, 1.54) is 0 Å². The Balaban J connectivity index is 3.73. The maximum absolute atomic E-state index is 3.94. The van der Waals surface area contributed by atoms with Crippen LogP contribution in [0.4, 0.5) is 0 Å². The molecule has 0 aliphatic carbocycles. The number of hydrazine groups is 1. The van der Waals surface area contributed by atoms with Gasteiger partial charge >= 0.3 is 0 Å². The lowest BCUT2D eigenvalue weighted by Crippen LogP contribution is -2.28. The fourth-order valence-corrected chi connectivity index (χ4v) is 0.365. The summed E-state index contributed by atoms with van der Waals surface area (Å²) >= 11 is 0. The van der Waals surface area contributed by atoms with Gasteiger partial charge in [0.05, 0.1) is 0 Å². The van der Waals surface area contributed by atoms with E-state index in [4.69, 9.17) is 0 Å². The van der Waals surface area contributed by atoms with Gasteiger partial charge in [-0.1, -0.05) is 6.58 Å². The van der Waals surface area contributed by atoms with Crippen LogP contribution in [0.1, 0.15) is 6.92 Å². The van der Waals surface area contributed by atoms with Crippen molar-refractivity contribution in [3.8, 4) is 0 Å². The van der Waals surface area contributed by atoms with Crippen LogP contribution in [0.25, 0.3) is 0 Å². The smallest absolute Gasteiger partial charge is 0.134 e. The van der Waals surface area contributed by atoms with E-state index in [2.05, 4.69) is 17.0 Å². The Hall–Kier alpha value is -0.830. The Morgan fingerprint density at radius 2 is 2.33 bits per heavy atom. The van der Waals surface area contributed by atoms with Gasteiger partial charge < -0.3 is 0 Å². The lowest BCUT2D eigenvalue weighted by Gasteiger charge is -2.15. The van der Waals surface area contributed by atoms with Gasteiger partial charge in [-0.05, 0) is 6.92 Å². The molecule has 0 fully saturated rings. The highest BCUT2D eigenvalue weighted by atomic mass is 15.5. The third-order valence-electron chi connectivity index (χ3n) is 1.00. The van der Waals surface area contributed by atoms with Gasteiger partial charge in [0.25, 0.3) is 0 Å². The van der Waals surface area contributed by atoms with Crippen LogP contribution in [0.3, 0.4) is 0 Å². The van der Waals surface area contributed by atoms with Gasteiger partial charge in [-0.15, -0.1) is 0 Å². The Morgan fingerprint density at radius 3 is 2.67 bits per heavy atom. The summed E-state index contributed by atoms with van der Waals surface area (Å²) in [5.41, 5.74) is 2.87. The summed E-state index contributed by atoms with van der Waals surface area (Å²) in [6, 6.07) is 0. The third kappa shape index (κ3) is 2.87. The molecule has 0 atom stereocenters. The van der Waals surface area contributed by atoms with Gasteiger partial charge in [0.1, 0.15) is 5.82 Å². The third-order valence-corrected chi connectivity index (χ3v) is 1.00. The molecule has 0 saturated carbocycles. The monoisotopic (exact) mass is 127 g/mol. The topological polar surface area (TPSA) is 27.6 Å². The molecule has 3 heteroatoms. The second-order valence-electron chi connectivity index (χ2n) is 1.59. The zero-order valence-corrected chi connectivity index (χ0v) is 6.18. The van der Waals surface area contributed by atoms with Gasteiger partial charge in [-0.3, -0.25) is 5.01 Å². The lowest BCUT2D eigenvalue weighted by atomic mass is 10.7. The van der Waals surface area contributed by atoms with Gasteiger partial charge in [0.15, 0.2) is 0 Å². The quantitative estimate of drug-likeness (QED) is 0.444. The molecule has 0 heterocycles. The van der Waals surface area contributed by atoms with Crippen LogP contribution in [0.5, 0.6) is 0 Å². The van der Waals surface area contributed by atoms with Crippen LogP contribution in [0.2, 0.25) is 0 Å². The van der Waals surface area contributed by atoms with E-state index in [1.807, 2.05) is 21.0 Å². The van der Waals surface area contributed by atoms with Crippen molar-refractivity contribution in [2.45, 2.75) is 6.92 Å². The van der Waals surface area contributed by atoms with Crippen molar-refractivity contribution >= 4 is 6.21 Å². The van der Waals surface area contributed by atoms with Crippen LogP contribution in [-0.4, -0.2) is 25.3 Å². The second kappa shape index (κ2) is 4.09. The summed E-state index contributed by atoms with van der Waals surface area (Å²) in [6.45, 7) is 5.54. The van der Waals surface area contributed by atoms with Crippen LogP contribution < -0.4 is 5.43 Å². The first-order valence-electron chi connectivity index (χ1n) is 2.81. The predicted octanol–water partition coefficient (Wildman–Crippen LogP) is 0.615. The molecule has 9 heavy (non-hydrogen) atoms. The maximum Gasteiger partial charge on any atom is 0.134 e. The highest BCUT2D eigenvalue weighted by molar-refractivity contribution is 5.54. The van der Waals surface area contributed by atoms with Crippen molar-refractivity contribution in [3.05, 3.63) is 12.4 Å². The maximum atomic E-state index is 3.94. The zero-order valence-electron chi connectivity index (χ0n) is 6.18. The molecule has 0 aromatic heterocycles. The second-order valence-corrected chi connectivity index (χ2v) is 1.59. The standard InChI is InChI=1S/C6H13N3/c1-5-8-6(2)9(4)7-3/h5,7H,2H2,1,3-4H3. The van der Waals surface area contributed by atoms with E-state index in [0.717, 1.165) is 0 Å². The summed E-state index contributed by atoms with van der Waals surface area (Å²) < 4.78 is 0. The molecule has 0 saturated heterocycles. The van der Waals surface area contributed by atoms with Crippen molar-refractivity contribution in [1.29, 1.82) is 0 Å². The van der Waals surface area contributed by atoms with E-state index >= 15 is 0 Å². The van der Waals surface area contributed by atoms with E-state index in [0.29, 0.717) is 5.82 Å². The van der Waals surface area contributed by atoms with Gasteiger partial charge in [-0.2, -0.15) is 0 Å². The van der Waals surface area contributed by atoms with Crippen molar-refractivity contribution < 1.29 is 0 Å². The van der Waals surface area contributed by atoms with Gasteiger partial charge in [-0.25, -0.2) is 10.4 Å². The molecule has 0 radical (unpaired) electrons. The lowest BCUT2D eigenvalue weighted by molar-refractivity contribution is 0.331. The van der Waals surface area contributed by atoms with Crippen LogP contribution >= 0.6 is 0 Å². The van der Waals surface area contributed by atoms with Gasteiger partial charge in [0, 0.05) is 20.3 Å².